The van der Waals surface area contributed by atoms with Gasteiger partial charge in [0, 0.05) is 24.4 Å². The fourth-order valence-corrected chi connectivity index (χ4v) is 2.01. The highest BCUT2D eigenvalue weighted by molar-refractivity contribution is 6.20. The molecule has 2 rings (SSSR count). The summed E-state index contributed by atoms with van der Waals surface area (Å²) in [5.74, 6) is -0.300. The van der Waals surface area contributed by atoms with Crippen LogP contribution in [0.25, 0.3) is 0 Å². The third-order valence-corrected chi connectivity index (χ3v) is 3.19. The minimum absolute atomic E-state index is 0.122. The Morgan fingerprint density at radius 2 is 1.89 bits per heavy atom. The number of carbonyl (C=O) groups excluding carboxylic acids is 2. The number of hydrogen-bond acceptors (Lipinski definition) is 3. The lowest BCUT2D eigenvalue weighted by atomic mass is 9.81. The lowest BCUT2D eigenvalue weighted by molar-refractivity contribution is -0.122. The van der Waals surface area contributed by atoms with Gasteiger partial charge in [0.25, 0.3) is 0 Å². The highest BCUT2D eigenvalue weighted by atomic mass is 16.2. The monoisotopic (exact) mass is 244 g/mol. The Bertz CT molecular complexity index is 544. The fraction of sp³-hybridized carbons (Fsp3) is 0.286. The van der Waals surface area contributed by atoms with E-state index in [4.69, 9.17) is 0 Å². The molecule has 1 aliphatic heterocycles. The molecule has 1 amide bonds. The van der Waals surface area contributed by atoms with Crippen molar-refractivity contribution in [2.75, 3.05) is 12.4 Å². The maximum atomic E-state index is 12.5. The van der Waals surface area contributed by atoms with Crippen LogP contribution < -0.4 is 10.6 Å². The molecule has 0 atom stereocenters. The molecule has 0 bridgehead atoms. The van der Waals surface area contributed by atoms with Crippen molar-refractivity contribution in [1.29, 1.82) is 0 Å². The lowest BCUT2D eigenvalue weighted by Crippen LogP contribution is -2.33. The first-order valence-electron chi connectivity index (χ1n) is 5.81. The van der Waals surface area contributed by atoms with E-state index in [2.05, 4.69) is 10.6 Å². The van der Waals surface area contributed by atoms with Gasteiger partial charge in [0.2, 0.25) is 5.91 Å². The van der Waals surface area contributed by atoms with Crippen LogP contribution in [0.3, 0.4) is 0 Å². The topological polar surface area (TPSA) is 58.2 Å². The quantitative estimate of drug-likeness (QED) is 0.742. The molecular formula is C14H16N2O2. The van der Waals surface area contributed by atoms with Crippen molar-refractivity contribution in [3.63, 3.8) is 0 Å². The summed E-state index contributed by atoms with van der Waals surface area (Å²) in [5.41, 5.74) is 0.699. The number of rotatable bonds is 1. The van der Waals surface area contributed by atoms with E-state index in [-0.39, 0.29) is 11.7 Å². The van der Waals surface area contributed by atoms with Crippen LogP contribution in [0.15, 0.2) is 36.0 Å². The predicted molar refractivity (Wildman–Crippen MR) is 70.3 cm³/mol. The van der Waals surface area contributed by atoms with E-state index in [1.165, 1.54) is 0 Å². The van der Waals surface area contributed by atoms with Crippen LogP contribution >= 0.6 is 0 Å². The third kappa shape index (κ3) is 1.79. The number of para-hydroxylation sites is 1. The number of benzene rings is 1. The number of anilines is 1. The second kappa shape index (κ2) is 4.29. The summed E-state index contributed by atoms with van der Waals surface area (Å²) in [5, 5.41) is 5.64. The molecule has 0 saturated heterocycles. The average molecular weight is 244 g/mol. The van der Waals surface area contributed by atoms with Gasteiger partial charge in [-0.2, -0.15) is 0 Å². The maximum absolute atomic E-state index is 12.5. The minimum Gasteiger partial charge on any atom is -0.394 e. The Hall–Kier alpha value is -2.10. The SMILES string of the molecule is CN/C=C1/C(=O)c2ccccc2NC(=O)C1(C)C. The zero-order valence-corrected chi connectivity index (χ0v) is 10.7. The van der Waals surface area contributed by atoms with Crippen LogP contribution in [0.4, 0.5) is 5.69 Å². The van der Waals surface area contributed by atoms with Gasteiger partial charge >= 0.3 is 0 Å². The molecule has 0 aliphatic carbocycles. The van der Waals surface area contributed by atoms with Crippen LogP contribution in [0.5, 0.6) is 0 Å². The Morgan fingerprint density at radius 3 is 2.56 bits per heavy atom. The van der Waals surface area contributed by atoms with Crippen molar-refractivity contribution in [3.8, 4) is 0 Å². The van der Waals surface area contributed by atoms with E-state index >= 15 is 0 Å². The third-order valence-electron chi connectivity index (χ3n) is 3.19. The van der Waals surface area contributed by atoms with Crippen LogP contribution in [0.2, 0.25) is 0 Å². The summed E-state index contributed by atoms with van der Waals surface area (Å²) in [6.07, 6.45) is 1.60. The molecule has 1 aromatic rings. The van der Waals surface area contributed by atoms with E-state index in [0.29, 0.717) is 16.8 Å². The van der Waals surface area contributed by atoms with Crippen molar-refractivity contribution in [2.45, 2.75) is 13.8 Å². The average Bonchev–Trinajstić information content (AvgIpc) is 2.41. The summed E-state index contributed by atoms with van der Waals surface area (Å²) >= 11 is 0. The Kier molecular flexibility index (Phi) is 2.95. The maximum Gasteiger partial charge on any atom is 0.234 e. The van der Waals surface area contributed by atoms with Crippen LogP contribution in [-0.2, 0) is 4.79 Å². The van der Waals surface area contributed by atoms with Gasteiger partial charge in [-0.15, -0.1) is 0 Å². The van der Waals surface area contributed by atoms with Gasteiger partial charge in [-0.05, 0) is 26.0 Å². The molecule has 0 radical (unpaired) electrons. The Labute approximate surface area is 106 Å². The first-order chi connectivity index (χ1) is 8.48. The summed E-state index contributed by atoms with van der Waals surface area (Å²) in [7, 11) is 1.71. The first kappa shape index (κ1) is 12.4. The summed E-state index contributed by atoms with van der Waals surface area (Å²) in [4.78, 5) is 24.7. The van der Waals surface area contributed by atoms with Crippen molar-refractivity contribution < 1.29 is 9.59 Å². The zero-order valence-electron chi connectivity index (χ0n) is 10.7. The lowest BCUT2D eigenvalue weighted by Gasteiger charge is -2.22. The number of ketones is 1. The van der Waals surface area contributed by atoms with Gasteiger partial charge in [-0.1, -0.05) is 12.1 Å². The molecule has 2 N–H and O–H groups in total. The van der Waals surface area contributed by atoms with Crippen molar-refractivity contribution in [2.24, 2.45) is 5.41 Å². The predicted octanol–water partition coefficient (Wildman–Crippen LogP) is 1.95. The van der Waals surface area contributed by atoms with Gasteiger partial charge in [-0.25, -0.2) is 0 Å². The molecule has 0 aromatic heterocycles. The fourth-order valence-electron chi connectivity index (χ4n) is 2.01. The molecule has 0 spiro atoms. The molecule has 4 nitrogen and oxygen atoms in total. The number of hydrogen-bond donors (Lipinski definition) is 2. The smallest absolute Gasteiger partial charge is 0.234 e. The van der Waals surface area contributed by atoms with Gasteiger partial charge in [0.1, 0.15) is 0 Å². The van der Waals surface area contributed by atoms with Crippen molar-refractivity contribution in [3.05, 3.63) is 41.6 Å². The molecule has 0 unspecified atom stereocenters. The van der Waals surface area contributed by atoms with E-state index in [0.717, 1.165) is 0 Å². The summed E-state index contributed by atoms with van der Waals surface area (Å²) < 4.78 is 0. The van der Waals surface area contributed by atoms with Gasteiger partial charge in [-0.3, -0.25) is 9.59 Å². The van der Waals surface area contributed by atoms with Crippen LogP contribution in [0.1, 0.15) is 24.2 Å². The molecule has 1 aromatic carbocycles. The van der Waals surface area contributed by atoms with E-state index < -0.39 is 5.41 Å². The standard InChI is InChI=1S/C14H16N2O2/c1-14(2)10(8-15-3)12(17)9-6-4-5-7-11(9)16-13(14)18/h4-8,15H,1-3H3,(H,16,18)/b10-8-. The van der Waals surface area contributed by atoms with E-state index in [1.54, 1.807) is 51.4 Å². The molecule has 18 heavy (non-hydrogen) atoms. The van der Waals surface area contributed by atoms with Crippen molar-refractivity contribution in [1.82, 2.24) is 5.32 Å². The second-order valence-corrected chi connectivity index (χ2v) is 4.80. The Morgan fingerprint density at radius 1 is 1.22 bits per heavy atom. The second-order valence-electron chi connectivity index (χ2n) is 4.80. The molecule has 1 heterocycles. The highest BCUT2D eigenvalue weighted by Crippen LogP contribution is 2.35. The zero-order chi connectivity index (χ0) is 13.3. The molecular weight excluding hydrogens is 228 g/mol. The van der Waals surface area contributed by atoms with Gasteiger partial charge in [0.15, 0.2) is 5.78 Å². The largest absolute Gasteiger partial charge is 0.394 e. The highest BCUT2D eigenvalue weighted by Gasteiger charge is 2.39. The normalized spacial score (nSPS) is 20.1. The number of fused-ring (bicyclic) bond motifs is 1. The van der Waals surface area contributed by atoms with Gasteiger partial charge < -0.3 is 10.6 Å². The summed E-state index contributed by atoms with van der Waals surface area (Å²) in [6.45, 7) is 3.49. The number of carbonyl (C=O) groups is 2. The Balaban J connectivity index is 2.65. The minimum atomic E-state index is -0.862. The molecule has 0 fully saturated rings. The van der Waals surface area contributed by atoms with Gasteiger partial charge in [0.05, 0.1) is 11.1 Å². The number of amides is 1. The molecule has 1 aliphatic rings. The first-order valence-corrected chi connectivity index (χ1v) is 5.81. The molecule has 94 valence electrons. The van der Waals surface area contributed by atoms with Crippen LogP contribution in [0, 0.1) is 5.41 Å². The van der Waals surface area contributed by atoms with E-state index in [9.17, 15) is 9.59 Å². The number of Topliss-reactive ketones (excluding diaryl/α,β-unsaturated/α-hetero) is 1. The van der Waals surface area contributed by atoms with Crippen LogP contribution in [-0.4, -0.2) is 18.7 Å². The summed E-state index contributed by atoms with van der Waals surface area (Å²) in [6, 6.07) is 7.05. The molecule has 0 saturated carbocycles. The molecule has 4 heteroatoms. The van der Waals surface area contributed by atoms with Crippen molar-refractivity contribution >= 4 is 17.4 Å². The number of nitrogens with one attached hydrogen (secondary N) is 2. The van der Waals surface area contributed by atoms with E-state index in [1.807, 2.05) is 0 Å².